The molecule has 0 unspecified atom stereocenters. The maximum atomic E-state index is 11.7. The van der Waals surface area contributed by atoms with Gasteiger partial charge in [0, 0.05) is 19.1 Å². The molecule has 0 aliphatic heterocycles. The van der Waals surface area contributed by atoms with E-state index in [1.54, 1.807) is 0 Å². The molecule has 0 aromatic rings. The lowest BCUT2D eigenvalue weighted by Crippen LogP contribution is -2.37. The smallest absolute Gasteiger partial charge is 0.211 e. The molecule has 122 valence electrons. The molecule has 1 fully saturated rings. The number of nitrogens with one attached hydrogen (secondary N) is 2. The molecule has 0 amide bonds. The van der Waals surface area contributed by atoms with E-state index in [9.17, 15) is 8.42 Å². The Hall–Kier alpha value is 0.160. The highest BCUT2D eigenvalue weighted by Crippen LogP contribution is 2.16. The Kier molecular flexibility index (Phi) is 10.9. The molecular formula is C14H31ClN2O2S. The van der Waals surface area contributed by atoms with Gasteiger partial charge in [0.2, 0.25) is 10.0 Å². The zero-order valence-electron chi connectivity index (χ0n) is 12.9. The third-order valence-electron chi connectivity index (χ3n) is 3.70. The van der Waals surface area contributed by atoms with Crippen molar-refractivity contribution in [3.63, 3.8) is 0 Å². The quantitative estimate of drug-likeness (QED) is 0.532. The Morgan fingerprint density at radius 2 is 1.65 bits per heavy atom. The van der Waals surface area contributed by atoms with Gasteiger partial charge in [-0.3, -0.25) is 0 Å². The summed E-state index contributed by atoms with van der Waals surface area (Å²) in [4.78, 5) is 0. The van der Waals surface area contributed by atoms with Crippen LogP contribution in [0.25, 0.3) is 0 Å². The van der Waals surface area contributed by atoms with Crippen molar-refractivity contribution in [1.82, 2.24) is 10.0 Å². The SMILES string of the molecule is CC(C)CCS(=O)(=O)NCCNC1CCCCCC1.Cl. The minimum absolute atomic E-state index is 0. The fraction of sp³-hybridized carbons (Fsp3) is 1.00. The molecule has 1 aliphatic carbocycles. The highest BCUT2D eigenvalue weighted by molar-refractivity contribution is 7.89. The van der Waals surface area contributed by atoms with Gasteiger partial charge in [0.05, 0.1) is 5.75 Å². The summed E-state index contributed by atoms with van der Waals surface area (Å²) in [7, 11) is -3.08. The Morgan fingerprint density at radius 1 is 1.05 bits per heavy atom. The number of sulfonamides is 1. The first-order valence-electron chi connectivity index (χ1n) is 7.70. The molecule has 0 bridgehead atoms. The van der Waals surface area contributed by atoms with E-state index >= 15 is 0 Å². The maximum Gasteiger partial charge on any atom is 0.211 e. The third-order valence-corrected chi connectivity index (χ3v) is 5.12. The van der Waals surface area contributed by atoms with Crippen molar-refractivity contribution >= 4 is 22.4 Å². The first kappa shape index (κ1) is 20.2. The van der Waals surface area contributed by atoms with E-state index in [2.05, 4.69) is 10.0 Å². The second-order valence-corrected chi connectivity index (χ2v) is 7.96. The second kappa shape index (κ2) is 10.8. The fourth-order valence-electron chi connectivity index (χ4n) is 2.43. The van der Waals surface area contributed by atoms with Crippen LogP contribution in [0.3, 0.4) is 0 Å². The van der Waals surface area contributed by atoms with Crippen LogP contribution in [0.5, 0.6) is 0 Å². The fourth-order valence-corrected chi connectivity index (χ4v) is 3.77. The molecule has 20 heavy (non-hydrogen) atoms. The summed E-state index contributed by atoms with van der Waals surface area (Å²) in [5.41, 5.74) is 0. The van der Waals surface area contributed by atoms with Gasteiger partial charge < -0.3 is 5.32 Å². The van der Waals surface area contributed by atoms with Crippen LogP contribution in [-0.2, 0) is 10.0 Å². The third kappa shape index (κ3) is 9.97. The van der Waals surface area contributed by atoms with Gasteiger partial charge >= 0.3 is 0 Å². The lowest BCUT2D eigenvalue weighted by atomic mass is 10.1. The normalized spacial score (nSPS) is 17.8. The molecule has 4 nitrogen and oxygen atoms in total. The molecule has 0 heterocycles. The summed E-state index contributed by atoms with van der Waals surface area (Å²) < 4.78 is 26.1. The van der Waals surface area contributed by atoms with Gasteiger partial charge in [0.1, 0.15) is 0 Å². The second-order valence-electron chi connectivity index (χ2n) is 6.04. The maximum absolute atomic E-state index is 11.7. The molecule has 1 rings (SSSR count). The molecule has 0 spiro atoms. The number of rotatable bonds is 8. The van der Waals surface area contributed by atoms with Crippen LogP contribution in [-0.4, -0.2) is 33.3 Å². The van der Waals surface area contributed by atoms with Crippen LogP contribution in [0.4, 0.5) is 0 Å². The van der Waals surface area contributed by atoms with E-state index in [1.165, 1.54) is 38.5 Å². The molecule has 0 saturated heterocycles. The predicted molar refractivity (Wildman–Crippen MR) is 88.0 cm³/mol. The van der Waals surface area contributed by atoms with Crippen molar-refractivity contribution in [2.75, 3.05) is 18.8 Å². The number of hydrogen-bond acceptors (Lipinski definition) is 3. The Balaban J connectivity index is 0.00000361. The van der Waals surface area contributed by atoms with E-state index in [4.69, 9.17) is 0 Å². The molecule has 0 aromatic heterocycles. The monoisotopic (exact) mass is 326 g/mol. The van der Waals surface area contributed by atoms with Gasteiger partial charge in [-0.25, -0.2) is 13.1 Å². The average Bonchev–Trinajstić information content (AvgIpc) is 2.61. The van der Waals surface area contributed by atoms with Gasteiger partial charge in [0.25, 0.3) is 0 Å². The summed E-state index contributed by atoms with van der Waals surface area (Å²) >= 11 is 0. The minimum atomic E-state index is -3.08. The molecule has 2 N–H and O–H groups in total. The van der Waals surface area contributed by atoms with E-state index in [0.717, 1.165) is 13.0 Å². The topological polar surface area (TPSA) is 58.2 Å². The van der Waals surface area contributed by atoms with Crippen LogP contribution in [0, 0.1) is 5.92 Å². The van der Waals surface area contributed by atoms with E-state index < -0.39 is 10.0 Å². The molecule has 6 heteroatoms. The van der Waals surface area contributed by atoms with Gasteiger partial charge in [-0.2, -0.15) is 0 Å². The standard InChI is InChI=1S/C14H30N2O2S.ClH/c1-13(2)9-12-19(17,18)16-11-10-15-14-7-5-3-4-6-8-14;/h13-16H,3-12H2,1-2H3;1H. The van der Waals surface area contributed by atoms with Crippen LogP contribution < -0.4 is 10.0 Å². The lowest BCUT2D eigenvalue weighted by molar-refractivity contribution is 0.461. The van der Waals surface area contributed by atoms with Crippen LogP contribution in [0.1, 0.15) is 58.8 Å². The van der Waals surface area contributed by atoms with E-state index in [1.807, 2.05) is 13.8 Å². The zero-order chi connectivity index (χ0) is 14.1. The van der Waals surface area contributed by atoms with Gasteiger partial charge in [0.15, 0.2) is 0 Å². The Bertz CT molecular complexity index is 326. The Morgan fingerprint density at radius 3 is 2.20 bits per heavy atom. The largest absolute Gasteiger partial charge is 0.313 e. The van der Waals surface area contributed by atoms with Crippen molar-refractivity contribution in [3.8, 4) is 0 Å². The molecular weight excluding hydrogens is 296 g/mol. The molecule has 0 aromatic carbocycles. The van der Waals surface area contributed by atoms with Crippen LogP contribution in [0.2, 0.25) is 0 Å². The summed E-state index contributed by atoms with van der Waals surface area (Å²) in [5, 5.41) is 3.47. The first-order chi connectivity index (χ1) is 8.99. The predicted octanol–water partition coefficient (Wildman–Crippen LogP) is 2.69. The van der Waals surface area contributed by atoms with Gasteiger partial charge in [-0.1, -0.05) is 39.5 Å². The number of hydrogen-bond donors (Lipinski definition) is 2. The first-order valence-corrected chi connectivity index (χ1v) is 9.35. The number of halogens is 1. The van der Waals surface area contributed by atoms with Gasteiger partial charge in [-0.15, -0.1) is 12.4 Å². The van der Waals surface area contributed by atoms with E-state index in [0.29, 0.717) is 18.5 Å². The summed E-state index contributed by atoms with van der Waals surface area (Å²) in [6, 6.07) is 0.586. The Labute approximate surface area is 130 Å². The van der Waals surface area contributed by atoms with Crippen molar-refractivity contribution in [3.05, 3.63) is 0 Å². The van der Waals surface area contributed by atoms with Crippen molar-refractivity contribution < 1.29 is 8.42 Å². The molecule has 0 atom stereocenters. The van der Waals surface area contributed by atoms with E-state index in [-0.39, 0.29) is 18.2 Å². The van der Waals surface area contributed by atoms with Gasteiger partial charge in [-0.05, 0) is 25.2 Å². The molecule has 1 saturated carbocycles. The zero-order valence-corrected chi connectivity index (χ0v) is 14.5. The van der Waals surface area contributed by atoms with Crippen molar-refractivity contribution in [2.24, 2.45) is 5.92 Å². The average molecular weight is 327 g/mol. The summed E-state index contributed by atoms with van der Waals surface area (Å²) in [5.74, 6) is 0.675. The summed E-state index contributed by atoms with van der Waals surface area (Å²) in [6.45, 7) is 5.34. The highest BCUT2D eigenvalue weighted by atomic mass is 35.5. The lowest BCUT2D eigenvalue weighted by Gasteiger charge is -2.16. The highest BCUT2D eigenvalue weighted by Gasteiger charge is 2.13. The molecule has 1 aliphatic rings. The van der Waals surface area contributed by atoms with Crippen molar-refractivity contribution in [2.45, 2.75) is 64.8 Å². The minimum Gasteiger partial charge on any atom is -0.313 e. The van der Waals surface area contributed by atoms with Crippen LogP contribution in [0.15, 0.2) is 0 Å². The van der Waals surface area contributed by atoms with Crippen LogP contribution >= 0.6 is 12.4 Å². The summed E-state index contributed by atoms with van der Waals surface area (Å²) in [6.07, 6.45) is 8.50. The van der Waals surface area contributed by atoms with Crippen molar-refractivity contribution in [1.29, 1.82) is 0 Å². The molecule has 0 radical (unpaired) electrons.